The van der Waals surface area contributed by atoms with Gasteiger partial charge in [-0.3, -0.25) is 0 Å². The van der Waals surface area contributed by atoms with Crippen LogP contribution in [0.5, 0.6) is 0 Å². The second-order valence-electron chi connectivity index (χ2n) is 6.22. The maximum Gasteiger partial charge on any atom is 0.319 e. The fraction of sp³-hybridized carbons (Fsp3) is 0.389. The number of halogens is 2. The van der Waals surface area contributed by atoms with Crippen LogP contribution in [0.15, 0.2) is 24.3 Å². The molecule has 1 fully saturated rings. The Morgan fingerprint density at radius 1 is 1.18 bits per heavy atom. The predicted octanol–water partition coefficient (Wildman–Crippen LogP) is 2.13. The Labute approximate surface area is 161 Å². The molecule has 0 atom stereocenters. The van der Waals surface area contributed by atoms with Gasteiger partial charge in [-0.2, -0.15) is 4.98 Å². The van der Waals surface area contributed by atoms with Gasteiger partial charge in [0.2, 0.25) is 5.95 Å². The molecule has 3 N–H and O–H groups in total. The number of carbonyl (C=O) groups is 1. The van der Waals surface area contributed by atoms with Gasteiger partial charge in [-0.1, -0.05) is 0 Å². The molecule has 3 rings (SSSR count). The molecule has 0 unspecified atom stereocenters. The molecule has 0 aliphatic carbocycles. The predicted molar refractivity (Wildman–Crippen MR) is 102 cm³/mol. The Hall–Kier alpha value is -3.01. The van der Waals surface area contributed by atoms with Gasteiger partial charge in [0, 0.05) is 44.0 Å². The highest BCUT2D eigenvalue weighted by Gasteiger charge is 2.14. The lowest BCUT2D eigenvalue weighted by atomic mass is 10.3. The molecular weight excluding hydrogens is 370 g/mol. The van der Waals surface area contributed by atoms with Crippen LogP contribution in [0.25, 0.3) is 0 Å². The van der Waals surface area contributed by atoms with E-state index in [1.165, 1.54) is 0 Å². The minimum Gasteiger partial charge on any atom is -0.378 e. The molecule has 0 radical (unpaired) electrons. The molecule has 2 amide bonds. The number of ether oxygens (including phenoxy) is 1. The Morgan fingerprint density at radius 3 is 2.71 bits per heavy atom. The van der Waals surface area contributed by atoms with Crippen LogP contribution in [-0.4, -0.2) is 55.4 Å². The zero-order chi connectivity index (χ0) is 19.9. The topological polar surface area (TPSA) is 91.4 Å². The maximum atomic E-state index is 13.5. The van der Waals surface area contributed by atoms with E-state index in [1.54, 1.807) is 0 Å². The van der Waals surface area contributed by atoms with E-state index in [4.69, 9.17) is 4.74 Å². The third-order valence-corrected chi connectivity index (χ3v) is 4.05. The van der Waals surface area contributed by atoms with Crippen molar-refractivity contribution < 1.29 is 18.3 Å². The number of amides is 2. The molecule has 0 bridgehead atoms. The second kappa shape index (κ2) is 9.27. The van der Waals surface area contributed by atoms with E-state index in [0.717, 1.165) is 36.7 Å². The molecule has 2 aromatic rings. The van der Waals surface area contributed by atoms with Crippen molar-refractivity contribution in [3.05, 3.63) is 41.6 Å². The third-order valence-electron chi connectivity index (χ3n) is 4.05. The van der Waals surface area contributed by atoms with Crippen molar-refractivity contribution in [2.45, 2.75) is 6.92 Å². The fourth-order valence-corrected chi connectivity index (χ4v) is 2.69. The minimum absolute atomic E-state index is 0.0935. The van der Waals surface area contributed by atoms with E-state index in [1.807, 2.05) is 13.0 Å². The van der Waals surface area contributed by atoms with Gasteiger partial charge < -0.3 is 25.6 Å². The molecular formula is C18H22F2N6O2. The summed E-state index contributed by atoms with van der Waals surface area (Å²) in [6.45, 7) is 5.41. The van der Waals surface area contributed by atoms with Crippen molar-refractivity contribution in [1.29, 1.82) is 0 Å². The van der Waals surface area contributed by atoms with Gasteiger partial charge in [-0.05, 0) is 19.1 Å². The van der Waals surface area contributed by atoms with Crippen molar-refractivity contribution in [2.75, 3.05) is 54.9 Å². The van der Waals surface area contributed by atoms with E-state index >= 15 is 0 Å². The highest BCUT2D eigenvalue weighted by atomic mass is 19.1. The van der Waals surface area contributed by atoms with Crippen LogP contribution in [0.1, 0.15) is 5.69 Å². The smallest absolute Gasteiger partial charge is 0.319 e. The van der Waals surface area contributed by atoms with Crippen LogP contribution in [-0.2, 0) is 4.74 Å². The first-order valence-corrected chi connectivity index (χ1v) is 8.93. The highest BCUT2D eigenvalue weighted by molar-refractivity contribution is 5.89. The summed E-state index contributed by atoms with van der Waals surface area (Å²) >= 11 is 0. The van der Waals surface area contributed by atoms with Gasteiger partial charge in [0.25, 0.3) is 0 Å². The zero-order valence-corrected chi connectivity index (χ0v) is 15.5. The van der Waals surface area contributed by atoms with Gasteiger partial charge in [0.1, 0.15) is 17.5 Å². The summed E-state index contributed by atoms with van der Waals surface area (Å²) in [6.07, 6.45) is 0. The molecule has 8 nitrogen and oxygen atoms in total. The summed E-state index contributed by atoms with van der Waals surface area (Å²) in [6, 6.07) is 4.27. The SMILES string of the molecule is Cc1cc(N2CCOCC2)nc(NCCNC(=O)Nc2ccc(F)cc2F)n1. The van der Waals surface area contributed by atoms with Crippen LogP contribution < -0.4 is 20.9 Å². The first kappa shape index (κ1) is 19.7. The number of carbonyl (C=O) groups excluding carboxylic acids is 1. The highest BCUT2D eigenvalue weighted by Crippen LogP contribution is 2.16. The number of morpholine rings is 1. The molecule has 1 aromatic heterocycles. The number of hydrogen-bond acceptors (Lipinski definition) is 6. The summed E-state index contributed by atoms with van der Waals surface area (Å²) < 4.78 is 31.7. The average Bonchev–Trinajstić information content (AvgIpc) is 2.68. The van der Waals surface area contributed by atoms with Gasteiger partial charge in [0.05, 0.1) is 18.9 Å². The number of benzene rings is 1. The van der Waals surface area contributed by atoms with Gasteiger partial charge in [0.15, 0.2) is 0 Å². The molecule has 28 heavy (non-hydrogen) atoms. The van der Waals surface area contributed by atoms with E-state index in [2.05, 4.69) is 30.8 Å². The number of aromatic nitrogens is 2. The Balaban J connectivity index is 1.47. The molecule has 1 aliphatic heterocycles. The molecule has 10 heteroatoms. The van der Waals surface area contributed by atoms with Gasteiger partial charge in [-0.15, -0.1) is 0 Å². The van der Waals surface area contributed by atoms with Crippen LogP contribution in [0, 0.1) is 18.6 Å². The summed E-state index contributed by atoms with van der Waals surface area (Å²) in [4.78, 5) is 22.8. The number of urea groups is 1. The van der Waals surface area contributed by atoms with E-state index in [-0.39, 0.29) is 12.2 Å². The quantitative estimate of drug-likeness (QED) is 0.653. The normalized spacial score (nSPS) is 13.9. The summed E-state index contributed by atoms with van der Waals surface area (Å²) in [5, 5.41) is 7.97. The number of aryl methyl sites for hydroxylation is 1. The molecule has 150 valence electrons. The van der Waals surface area contributed by atoms with Crippen LogP contribution >= 0.6 is 0 Å². The van der Waals surface area contributed by atoms with E-state index < -0.39 is 17.7 Å². The minimum atomic E-state index is -0.836. The third kappa shape index (κ3) is 5.49. The Bertz CT molecular complexity index is 830. The molecule has 1 aliphatic rings. The lowest BCUT2D eigenvalue weighted by Crippen LogP contribution is -2.37. The van der Waals surface area contributed by atoms with Crippen LogP contribution in [0.2, 0.25) is 0 Å². The number of nitrogens with zero attached hydrogens (tertiary/aromatic N) is 3. The lowest BCUT2D eigenvalue weighted by Gasteiger charge is -2.28. The number of rotatable bonds is 6. The first-order chi connectivity index (χ1) is 13.5. The largest absolute Gasteiger partial charge is 0.378 e. The molecule has 1 saturated heterocycles. The monoisotopic (exact) mass is 392 g/mol. The van der Waals surface area contributed by atoms with Gasteiger partial charge >= 0.3 is 6.03 Å². The van der Waals surface area contributed by atoms with Crippen molar-refractivity contribution in [1.82, 2.24) is 15.3 Å². The average molecular weight is 392 g/mol. The summed E-state index contributed by atoms with van der Waals surface area (Å²) in [7, 11) is 0. The molecule has 2 heterocycles. The van der Waals surface area contributed by atoms with Crippen molar-refractivity contribution >= 4 is 23.5 Å². The van der Waals surface area contributed by atoms with Crippen LogP contribution in [0.4, 0.5) is 31.0 Å². The van der Waals surface area contributed by atoms with E-state index in [9.17, 15) is 13.6 Å². The molecule has 1 aromatic carbocycles. The van der Waals surface area contributed by atoms with Crippen LogP contribution in [0.3, 0.4) is 0 Å². The Kier molecular flexibility index (Phi) is 6.53. The van der Waals surface area contributed by atoms with Crippen molar-refractivity contribution in [3.63, 3.8) is 0 Å². The maximum absolute atomic E-state index is 13.5. The number of hydrogen-bond donors (Lipinski definition) is 3. The molecule has 0 spiro atoms. The second-order valence-corrected chi connectivity index (χ2v) is 6.22. The van der Waals surface area contributed by atoms with Crippen molar-refractivity contribution in [3.8, 4) is 0 Å². The van der Waals surface area contributed by atoms with E-state index in [0.29, 0.717) is 31.8 Å². The number of anilines is 3. The van der Waals surface area contributed by atoms with Crippen molar-refractivity contribution in [2.24, 2.45) is 0 Å². The first-order valence-electron chi connectivity index (χ1n) is 8.93. The molecule has 0 saturated carbocycles. The summed E-state index contributed by atoms with van der Waals surface area (Å²) in [5.41, 5.74) is 0.737. The zero-order valence-electron chi connectivity index (χ0n) is 15.5. The standard InChI is InChI=1S/C18H22F2N6O2/c1-12-10-16(26-6-8-28-9-7-26)25-17(23-12)21-4-5-22-18(27)24-15-3-2-13(19)11-14(15)20/h2-3,10-11H,4-9H2,1H3,(H,21,23,25)(H2,22,24,27). The van der Waals surface area contributed by atoms with Gasteiger partial charge in [-0.25, -0.2) is 18.6 Å². The summed E-state index contributed by atoms with van der Waals surface area (Å²) in [5.74, 6) is -0.247. The Morgan fingerprint density at radius 2 is 1.96 bits per heavy atom. The number of nitrogens with one attached hydrogen (secondary N) is 3. The fourth-order valence-electron chi connectivity index (χ4n) is 2.69. The lowest BCUT2D eigenvalue weighted by molar-refractivity contribution is 0.122.